The van der Waals surface area contributed by atoms with Gasteiger partial charge in [0.2, 0.25) is 0 Å². The van der Waals surface area contributed by atoms with Crippen LogP contribution in [0.2, 0.25) is 0 Å². The van der Waals surface area contributed by atoms with E-state index in [1.807, 2.05) is 13.8 Å². The number of hydrogen-bond donors (Lipinski definition) is 2. The molecule has 0 fully saturated rings. The molecule has 0 saturated carbocycles. The highest BCUT2D eigenvalue weighted by atomic mass is 79.9. The summed E-state index contributed by atoms with van der Waals surface area (Å²) in [5.41, 5.74) is 1.70. The molecule has 5 nitrogen and oxygen atoms in total. The second-order valence-electron chi connectivity index (χ2n) is 3.36. The zero-order chi connectivity index (χ0) is 12.1. The van der Waals surface area contributed by atoms with E-state index in [-0.39, 0.29) is 6.03 Å². The van der Waals surface area contributed by atoms with Gasteiger partial charge >= 0.3 is 6.03 Å². The minimum atomic E-state index is -0.249. The number of hydrogen-bond acceptors (Lipinski definition) is 3. The van der Waals surface area contributed by atoms with Crippen LogP contribution in [0, 0.1) is 13.8 Å². The van der Waals surface area contributed by atoms with E-state index in [4.69, 9.17) is 4.52 Å². The summed E-state index contributed by atoms with van der Waals surface area (Å²) >= 11 is 3.15. The maximum Gasteiger partial charge on any atom is 0.315 e. The average Bonchev–Trinajstić information content (AvgIpc) is 2.53. The molecule has 16 heavy (non-hydrogen) atoms. The van der Waals surface area contributed by atoms with Crippen LogP contribution in [0.5, 0.6) is 0 Å². The lowest BCUT2D eigenvalue weighted by Gasteiger charge is -2.06. The number of aryl methyl sites for hydroxylation is 2. The van der Waals surface area contributed by atoms with E-state index < -0.39 is 0 Å². The van der Waals surface area contributed by atoms with Gasteiger partial charge in [-0.2, -0.15) is 0 Å². The van der Waals surface area contributed by atoms with Crippen molar-refractivity contribution >= 4 is 22.0 Å². The zero-order valence-electron chi connectivity index (χ0n) is 9.26. The van der Waals surface area contributed by atoms with E-state index >= 15 is 0 Å². The molecule has 0 spiro atoms. The number of nitrogens with one attached hydrogen (secondary N) is 2. The predicted octanol–water partition coefficient (Wildman–Crippen LogP) is 2.00. The lowest BCUT2D eigenvalue weighted by Crippen LogP contribution is -2.35. The molecule has 0 atom stereocenters. The number of halogens is 1. The van der Waals surface area contributed by atoms with E-state index in [1.54, 1.807) is 0 Å². The molecule has 0 unspecified atom stereocenters. The Balaban J connectivity index is 2.40. The summed E-state index contributed by atoms with van der Waals surface area (Å²) in [4.78, 5) is 11.3. The van der Waals surface area contributed by atoms with Gasteiger partial charge in [-0.1, -0.05) is 27.7 Å². The van der Waals surface area contributed by atoms with Crippen LogP contribution in [0.15, 0.2) is 15.6 Å². The lowest BCUT2D eigenvalue weighted by molar-refractivity contribution is 0.241. The second kappa shape index (κ2) is 5.69. The summed E-state index contributed by atoms with van der Waals surface area (Å²) in [5.74, 6) is 0.725. The van der Waals surface area contributed by atoms with Crippen LogP contribution in [0.25, 0.3) is 0 Å². The summed E-state index contributed by atoms with van der Waals surface area (Å²) in [6.45, 7) is 8.07. The molecule has 0 bridgehead atoms. The van der Waals surface area contributed by atoms with Crippen LogP contribution in [0.1, 0.15) is 17.0 Å². The molecular weight excluding hydrogens is 274 g/mol. The third-order valence-electron chi connectivity index (χ3n) is 2.05. The van der Waals surface area contributed by atoms with Gasteiger partial charge in [0.15, 0.2) is 0 Å². The minimum Gasteiger partial charge on any atom is -0.361 e. The Morgan fingerprint density at radius 1 is 1.50 bits per heavy atom. The highest BCUT2D eigenvalue weighted by Crippen LogP contribution is 2.11. The molecule has 1 aromatic heterocycles. The van der Waals surface area contributed by atoms with Gasteiger partial charge in [-0.05, 0) is 13.8 Å². The number of amides is 2. The summed E-state index contributed by atoms with van der Waals surface area (Å²) in [6.07, 6.45) is 0. The van der Waals surface area contributed by atoms with Crippen LogP contribution in [-0.4, -0.2) is 17.7 Å². The van der Waals surface area contributed by atoms with Crippen molar-refractivity contribution in [2.75, 3.05) is 6.54 Å². The molecule has 2 N–H and O–H groups in total. The van der Waals surface area contributed by atoms with Gasteiger partial charge < -0.3 is 15.2 Å². The minimum absolute atomic E-state index is 0.249. The largest absolute Gasteiger partial charge is 0.361 e. The van der Waals surface area contributed by atoms with Crippen molar-refractivity contribution in [3.63, 3.8) is 0 Å². The fourth-order valence-corrected chi connectivity index (χ4v) is 1.30. The Kier molecular flexibility index (Phi) is 4.54. The van der Waals surface area contributed by atoms with E-state index in [0.717, 1.165) is 21.5 Å². The number of carbonyl (C=O) groups is 1. The Bertz CT molecular complexity index is 381. The number of rotatable bonds is 4. The summed E-state index contributed by atoms with van der Waals surface area (Å²) < 4.78 is 5.70. The van der Waals surface area contributed by atoms with Crippen LogP contribution in [-0.2, 0) is 6.54 Å². The molecule has 0 aromatic carbocycles. The Hall–Kier alpha value is -1.30. The van der Waals surface area contributed by atoms with Crippen molar-refractivity contribution in [1.82, 2.24) is 15.8 Å². The van der Waals surface area contributed by atoms with Crippen molar-refractivity contribution in [2.45, 2.75) is 20.4 Å². The molecule has 0 radical (unpaired) electrons. The van der Waals surface area contributed by atoms with Crippen molar-refractivity contribution < 1.29 is 9.32 Å². The van der Waals surface area contributed by atoms with Gasteiger partial charge in [-0.15, -0.1) is 0 Å². The summed E-state index contributed by atoms with van der Waals surface area (Å²) in [5, 5.41) is 9.15. The number of urea groups is 1. The molecule has 88 valence electrons. The van der Waals surface area contributed by atoms with E-state index in [1.165, 1.54) is 0 Å². The number of carbonyl (C=O) groups excluding carboxylic acids is 1. The second-order valence-corrected chi connectivity index (χ2v) is 4.48. The Morgan fingerprint density at radius 2 is 2.19 bits per heavy atom. The van der Waals surface area contributed by atoms with Crippen LogP contribution >= 0.6 is 15.9 Å². The first-order chi connectivity index (χ1) is 7.50. The summed E-state index contributed by atoms with van der Waals surface area (Å²) in [6, 6.07) is -0.249. The van der Waals surface area contributed by atoms with Crippen LogP contribution < -0.4 is 10.6 Å². The quantitative estimate of drug-likeness (QED) is 0.890. The molecule has 6 heteroatoms. The smallest absolute Gasteiger partial charge is 0.315 e. The predicted molar refractivity (Wildman–Crippen MR) is 64.3 cm³/mol. The molecule has 1 heterocycles. The first-order valence-electron chi connectivity index (χ1n) is 4.77. The van der Waals surface area contributed by atoms with Gasteiger partial charge in [0.1, 0.15) is 5.76 Å². The normalized spacial score (nSPS) is 9.94. The molecule has 0 aliphatic carbocycles. The molecule has 1 rings (SSSR count). The van der Waals surface area contributed by atoms with Crippen LogP contribution in [0.4, 0.5) is 4.79 Å². The van der Waals surface area contributed by atoms with Crippen molar-refractivity contribution in [1.29, 1.82) is 0 Å². The summed E-state index contributed by atoms with van der Waals surface area (Å²) in [7, 11) is 0. The third kappa shape index (κ3) is 3.69. The molecule has 1 aromatic rings. The SMILES string of the molecule is C=C(Br)CNC(=O)NCc1c(C)noc1C. The van der Waals surface area contributed by atoms with E-state index in [0.29, 0.717) is 13.1 Å². The lowest BCUT2D eigenvalue weighted by atomic mass is 10.2. The average molecular weight is 288 g/mol. The fraction of sp³-hybridized carbons (Fsp3) is 0.400. The van der Waals surface area contributed by atoms with Crippen LogP contribution in [0.3, 0.4) is 0 Å². The first kappa shape index (κ1) is 12.8. The van der Waals surface area contributed by atoms with Gasteiger partial charge in [-0.3, -0.25) is 0 Å². The highest BCUT2D eigenvalue weighted by molar-refractivity contribution is 9.11. The standard InChI is InChI=1S/C10H14BrN3O2/c1-6(11)4-12-10(15)13-5-9-7(2)14-16-8(9)3/h1,4-5H2,2-3H3,(H2,12,13,15). The Labute approximate surface area is 102 Å². The van der Waals surface area contributed by atoms with Gasteiger partial charge in [0.05, 0.1) is 12.2 Å². The number of aromatic nitrogens is 1. The van der Waals surface area contributed by atoms with Gasteiger partial charge in [0, 0.05) is 16.6 Å². The number of nitrogens with zero attached hydrogens (tertiary/aromatic N) is 1. The zero-order valence-corrected chi connectivity index (χ0v) is 10.8. The molecule has 0 aliphatic rings. The van der Waals surface area contributed by atoms with Gasteiger partial charge in [0.25, 0.3) is 0 Å². The Morgan fingerprint density at radius 3 is 2.69 bits per heavy atom. The van der Waals surface area contributed by atoms with Crippen molar-refractivity contribution in [3.8, 4) is 0 Å². The van der Waals surface area contributed by atoms with E-state index in [9.17, 15) is 4.79 Å². The fourth-order valence-electron chi connectivity index (χ4n) is 1.16. The van der Waals surface area contributed by atoms with E-state index in [2.05, 4.69) is 38.3 Å². The molecule has 2 amide bonds. The van der Waals surface area contributed by atoms with Gasteiger partial charge in [-0.25, -0.2) is 4.79 Å². The van der Waals surface area contributed by atoms with Crippen molar-refractivity contribution in [2.24, 2.45) is 0 Å². The molecule has 0 aliphatic heterocycles. The molecular formula is C10H14BrN3O2. The monoisotopic (exact) mass is 287 g/mol. The maximum atomic E-state index is 11.3. The third-order valence-corrected chi connectivity index (χ3v) is 2.33. The van der Waals surface area contributed by atoms with Crippen molar-refractivity contribution in [3.05, 3.63) is 28.1 Å². The highest BCUT2D eigenvalue weighted by Gasteiger charge is 2.09. The molecule has 0 saturated heterocycles. The first-order valence-corrected chi connectivity index (χ1v) is 5.56. The maximum absolute atomic E-state index is 11.3. The topological polar surface area (TPSA) is 67.2 Å².